The number of allylic oxidation sites excluding steroid dienone is 2. The summed E-state index contributed by atoms with van der Waals surface area (Å²) in [6.07, 6.45) is 5.42. The molecule has 3 fully saturated rings. The molecule has 2 saturated carbocycles. The predicted octanol–water partition coefficient (Wildman–Crippen LogP) is 1.99. The van der Waals surface area contributed by atoms with E-state index in [1.165, 1.54) is 4.90 Å². The van der Waals surface area contributed by atoms with Crippen molar-refractivity contribution in [2.45, 2.75) is 13.3 Å². The van der Waals surface area contributed by atoms with Gasteiger partial charge in [0.1, 0.15) is 6.54 Å². The number of hydrogen-bond donors (Lipinski definition) is 1. The van der Waals surface area contributed by atoms with Gasteiger partial charge in [-0.05, 0) is 54.7 Å². The summed E-state index contributed by atoms with van der Waals surface area (Å²) < 4.78 is 0. The number of nitrogens with zero attached hydrogens (tertiary/aromatic N) is 1. The molecule has 1 aromatic carbocycles. The van der Waals surface area contributed by atoms with Gasteiger partial charge in [-0.2, -0.15) is 0 Å². The van der Waals surface area contributed by atoms with Crippen molar-refractivity contribution in [2.75, 3.05) is 11.9 Å². The number of imide groups is 1. The van der Waals surface area contributed by atoms with E-state index in [9.17, 15) is 14.4 Å². The van der Waals surface area contributed by atoms with E-state index in [0.717, 1.165) is 12.0 Å². The molecular weight excluding hydrogens is 316 g/mol. The highest BCUT2D eigenvalue weighted by Gasteiger charge is 2.67. The first kappa shape index (κ1) is 14.9. The second-order valence-corrected chi connectivity index (χ2v) is 7.83. The van der Waals surface area contributed by atoms with Crippen LogP contribution in [0.15, 0.2) is 36.4 Å². The van der Waals surface area contributed by atoms with E-state index in [0.29, 0.717) is 17.5 Å². The van der Waals surface area contributed by atoms with Gasteiger partial charge in [-0.25, -0.2) is 0 Å². The minimum absolute atomic E-state index is 0.154. The average Bonchev–Trinajstić information content (AvgIpc) is 3.36. The summed E-state index contributed by atoms with van der Waals surface area (Å²) in [7, 11) is 0. The number of benzene rings is 1. The molecule has 25 heavy (non-hydrogen) atoms. The van der Waals surface area contributed by atoms with Crippen LogP contribution in [-0.2, 0) is 14.4 Å². The van der Waals surface area contributed by atoms with Gasteiger partial charge in [-0.3, -0.25) is 19.3 Å². The van der Waals surface area contributed by atoms with Crippen LogP contribution in [0.5, 0.6) is 0 Å². The Bertz CT molecular complexity index is 794. The van der Waals surface area contributed by atoms with Crippen molar-refractivity contribution < 1.29 is 14.4 Å². The van der Waals surface area contributed by atoms with Crippen LogP contribution >= 0.6 is 0 Å². The minimum atomic E-state index is -0.323. The number of likely N-dealkylation sites (tertiary alicyclic amines) is 1. The van der Waals surface area contributed by atoms with Crippen LogP contribution in [-0.4, -0.2) is 29.2 Å². The molecule has 2 bridgehead atoms. The van der Waals surface area contributed by atoms with Crippen molar-refractivity contribution in [3.8, 4) is 0 Å². The largest absolute Gasteiger partial charge is 0.325 e. The Hall–Kier alpha value is -2.43. The molecule has 1 aromatic rings. The van der Waals surface area contributed by atoms with Crippen LogP contribution in [0.2, 0.25) is 0 Å². The second kappa shape index (κ2) is 5.04. The van der Waals surface area contributed by atoms with Crippen LogP contribution in [0.1, 0.15) is 12.0 Å². The third-order valence-electron chi connectivity index (χ3n) is 6.36. The van der Waals surface area contributed by atoms with E-state index in [-0.39, 0.29) is 47.9 Å². The third kappa shape index (κ3) is 2.11. The fraction of sp³-hybridized carbons (Fsp3) is 0.450. The summed E-state index contributed by atoms with van der Waals surface area (Å²) in [6, 6.07) is 7.47. The number of carbonyl (C=O) groups excluding carboxylic acids is 3. The maximum atomic E-state index is 12.8. The second-order valence-electron chi connectivity index (χ2n) is 7.83. The van der Waals surface area contributed by atoms with E-state index in [1.54, 1.807) is 6.07 Å². The molecule has 1 N–H and O–H groups in total. The number of carbonyl (C=O) groups is 3. The molecule has 5 heteroatoms. The summed E-state index contributed by atoms with van der Waals surface area (Å²) in [5.74, 6) is 0.441. The van der Waals surface area contributed by atoms with Gasteiger partial charge in [0, 0.05) is 5.69 Å². The van der Waals surface area contributed by atoms with Crippen LogP contribution < -0.4 is 5.32 Å². The molecular formula is C20H20N2O3. The minimum Gasteiger partial charge on any atom is -0.325 e. The van der Waals surface area contributed by atoms with Crippen molar-refractivity contribution in [1.29, 1.82) is 0 Å². The SMILES string of the molecule is Cc1cccc(NC(=O)CN2C(=O)[C@@H]3[C@H]4C=C[C@@H]([C@@H]5C[C@@H]45)[C@H]3C2=O)c1. The fourth-order valence-corrected chi connectivity index (χ4v) is 5.24. The number of hydrogen-bond acceptors (Lipinski definition) is 3. The number of rotatable bonds is 3. The molecule has 6 atom stereocenters. The Balaban J connectivity index is 1.33. The van der Waals surface area contributed by atoms with E-state index in [4.69, 9.17) is 0 Å². The first-order valence-corrected chi connectivity index (χ1v) is 8.94. The molecule has 0 radical (unpaired) electrons. The molecule has 3 amide bonds. The Morgan fingerprint density at radius 2 is 1.76 bits per heavy atom. The zero-order valence-electron chi connectivity index (χ0n) is 14.0. The standard InChI is InChI=1S/C20H20N2O3/c1-10-3-2-4-11(7-10)21-16(23)9-22-19(24)17-12-5-6-13(15-8-14(12)15)18(17)20(22)25/h2-7,12-15,17-18H,8-9H2,1H3,(H,21,23)/t12-,13-,14-,15-,17+,18+/m0/s1. The van der Waals surface area contributed by atoms with Crippen LogP contribution in [0, 0.1) is 42.4 Å². The van der Waals surface area contributed by atoms with Crippen molar-refractivity contribution in [2.24, 2.45) is 35.5 Å². The quantitative estimate of drug-likeness (QED) is 0.678. The Kier molecular flexibility index (Phi) is 3.00. The molecule has 1 aliphatic heterocycles. The maximum absolute atomic E-state index is 12.8. The number of aryl methyl sites for hydroxylation is 1. The van der Waals surface area contributed by atoms with Crippen molar-refractivity contribution >= 4 is 23.4 Å². The van der Waals surface area contributed by atoms with Gasteiger partial charge in [0.2, 0.25) is 17.7 Å². The van der Waals surface area contributed by atoms with Gasteiger partial charge < -0.3 is 5.32 Å². The van der Waals surface area contributed by atoms with Crippen molar-refractivity contribution in [3.05, 3.63) is 42.0 Å². The van der Waals surface area contributed by atoms with Crippen LogP contribution in [0.4, 0.5) is 5.69 Å². The Morgan fingerprint density at radius 3 is 2.36 bits per heavy atom. The summed E-state index contributed by atoms with van der Waals surface area (Å²) in [4.78, 5) is 39.2. The first-order chi connectivity index (χ1) is 12.0. The fourth-order valence-electron chi connectivity index (χ4n) is 5.24. The van der Waals surface area contributed by atoms with E-state index in [2.05, 4.69) is 17.5 Å². The normalized spacial score (nSPS) is 37.1. The number of amides is 3. The number of anilines is 1. The Labute approximate surface area is 146 Å². The lowest BCUT2D eigenvalue weighted by Crippen LogP contribution is -2.40. The molecule has 6 rings (SSSR count). The van der Waals surface area contributed by atoms with Gasteiger partial charge in [0.25, 0.3) is 0 Å². The highest BCUT2D eigenvalue weighted by Crippen LogP contribution is 2.65. The molecule has 0 spiro atoms. The van der Waals surface area contributed by atoms with Crippen molar-refractivity contribution in [3.63, 3.8) is 0 Å². The van der Waals surface area contributed by atoms with E-state index >= 15 is 0 Å². The molecule has 0 aromatic heterocycles. The summed E-state index contributed by atoms with van der Waals surface area (Å²) >= 11 is 0. The lowest BCUT2D eigenvalue weighted by atomic mass is 9.63. The molecule has 0 unspecified atom stereocenters. The summed E-state index contributed by atoms with van der Waals surface area (Å²) in [5.41, 5.74) is 1.73. The average molecular weight is 336 g/mol. The van der Waals surface area contributed by atoms with Crippen molar-refractivity contribution in [1.82, 2.24) is 4.90 Å². The molecule has 5 nitrogen and oxygen atoms in total. The van der Waals surface area contributed by atoms with Gasteiger partial charge in [0.05, 0.1) is 11.8 Å². The highest BCUT2D eigenvalue weighted by atomic mass is 16.2. The Morgan fingerprint density at radius 1 is 1.12 bits per heavy atom. The molecule has 1 heterocycles. The van der Waals surface area contributed by atoms with Crippen LogP contribution in [0.25, 0.3) is 0 Å². The topological polar surface area (TPSA) is 66.5 Å². The summed E-state index contributed by atoms with van der Waals surface area (Å²) in [5, 5.41) is 2.79. The highest BCUT2D eigenvalue weighted by molar-refractivity contribution is 6.09. The van der Waals surface area contributed by atoms with E-state index in [1.807, 2.05) is 25.1 Å². The van der Waals surface area contributed by atoms with Gasteiger partial charge >= 0.3 is 0 Å². The van der Waals surface area contributed by atoms with Gasteiger partial charge in [-0.1, -0.05) is 24.3 Å². The monoisotopic (exact) mass is 336 g/mol. The smallest absolute Gasteiger partial charge is 0.244 e. The molecule has 4 aliphatic carbocycles. The number of nitrogens with one attached hydrogen (secondary N) is 1. The molecule has 128 valence electrons. The van der Waals surface area contributed by atoms with E-state index < -0.39 is 0 Å². The van der Waals surface area contributed by atoms with Gasteiger partial charge in [0.15, 0.2) is 0 Å². The summed E-state index contributed by atoms with van der Waals surface area (Å²) in [6.45, 7) is 1.76. The zero-order chi connectivity index (χ0) is 17.3. The van der Waals surface area contributed by atoms with Crippen LogP contribution in [0.3, 0.4) is 0 Å². The zero-order valence-corrected chi connectivity index (χ0v) is 14.0. The molecule has 1 saturated heterocycles. The predicted molar refractivity (Wildman–Crippen MR) is 91.2 cm³/mol. The first-order valence-electron chi connectivity index (χ1n) is 8.94. The third-order valence-corrected chi connectivity index (χ3v) is 6.36. The lowest BCUT2D eigenvalue weighted by molar-refractivity contribution is -0.142. The molecule has 5 aliphatic rings. The van der Waals surface area contributed by atoms with Gasteiger partial charge in [-0.15, -0.1) is 0 Å². The maximum Gasteiger partial charge on any atom is 0.244 e. The lowest BCUT2D eigenvalue weighted by Gasteiger charge is -2.37.